The Morgan fingerprint density at radius 3 is 2.52 bits per heavy atom. The summed E-state index contributed by atoms with van der Waals surface area (Å²) in [6.07, 6.45) is 0. The third kappa shape index (κ3) is 2.49. The molecule has 1 aromatic heterocycles. The summed E-state index contributed by atoms with van der Waals surface area (Å²) >= 11 is 6.42. The van der Waals surface area contributed by atoms with Crippen molar-refractivity contribution in [3.63, 3.8) is 0 Å². The third-order valence-electron chi connectivity index (χ3n) is 3.98. The fourth-order valence-corrected chi connectivity index (χ4v) is 5.03. The van der Waals surface area contributed by atoms with Crippen molar-refractivity contribution in [3.05, 3.63) is 59.2 Å². The molecule has 0 spiro atoms. The number of halogens is 1. The Hall–Kier alpha value is -2.44. The van der Waals surface area contributed by atoms with Crippen LogP contribution in [0.15, 0.2) is 62.7 Å². The van der Waals surface area contributed by atoms with Gasteiger partial charge in [-0.3, -0.25) is 4.68 Å². The van der Waals surface area contributed by atoms with Gasteiger partial charge in [-0.1, -0.05) is 41.9 Å². The lowest BCUT2D eigenvalue weighted by atomic mass is 10.1. The molecular formula is C18H14ClN3O2S. The van der Waals surface area contributed by atoms with Crippen LogP contribution >= 0.6 is 11.6 Å². The molecular weight excluding hydrogens is 358 g/mol. The van der Waals surface area contributed by atoms with Gasteiger partial charge in [0.1, 0.15) is 11.4 Å². The number of methoxy groups -OCH3 is 1. The minimum Gasteiger partial charge on any atom is -0.464 e. The Morgan fingerprint density at radius 1 is 1.12 bits per heavy atom. The number of benzene rings is 2. The molecule has 2 aromatic carbocycles. The van der Waals surface area contributed by atoms with Gasteiger partial charge in [-0.2, -0.15) is 5.10 Å². The lowest BCUT2D eigenvalue weighted by Crippen LogP contribution is -2.08. The first-order valence-electron chi connectivity index (χ1n) is 7.57. The highest BCUT2D eigenvalue weighted by atomic mass is 35.5. The van der Waals surface area contributed by atoms with Gasteiger partial charge in [-0.15, -0.1) is 0 Å². The van der Waals surface area contributed by atoms with Crippen LogP contribution < -0.4 is 0 Å². The van der Waals surface area contributed by atoms with Crippen LogP contribution in [0.5, 0.6) is 0 Å². The van der Waals surface area contributed by atoms with Crippen LogP contribution in [0.1, 0.15) is 10.5 Å². The molecule has 4 rings (SSSR count). The summed E-state index contributed by atoms with van der Waals surface area (Å²) in [7, 11) is 2.43. The zero-order valence-electron chi connectivity index (χ0n) is 13.6. The molecule has 0 radical (unpaired) electrons. The second-order valence-corrected chi connectivity index (χ2v) is 7.50. The van der Waals surface area contributed by atoms with E-state index >= 15 is 0 Å². The number of hydrogen-bond donors (Lipinski definition) is 0. The number of nitrogens with zero attached hydrogens (tertiary/aromatic N) is 3. The Bertz CT molecular complexity index is 1040. The molecule has 1 aliphatic heterocycles. The summed E-state index contributed by atoms with van der Waals surface area (Å²) in [5.41, 5.74) is 2.55. The van der Waals surface area contributed by atoms with Crippen molar-refractivity contribution in [2.75, 3.05) is 7.11 Å². The predicted molar refractivity (Wildman–Crippen MR) is 97.4 cm³/mol. The minimum absolute atomic E-state index is 0.344. The maximum absolute atomic E-state index is 12.2. The minimum atomic E-state index is -0.639. The average Bonchev–Trinajstić information content (AvgIpc) is 2.97. The molecule has 2 heterocycles. The molecule has 0 saturated carbocycles. The highest BCUT2D eigenvalue weighted by molar-refractivity contribution is 7.88. The molecule has 5 nitrogen and oxygen atoms in total. The van der Waals surface area contributed by atoms with Crippen LogP contribution in [0.25, 0.3) is 11.3 Å². The summed E-state index contributed by atoms with van der Waals surface area (Å²) < 4.78 is 11.3. The molecule has 3 aromatic rings. The summed E-state index contributed by atoms with van der Waals surface area (Å²) in [5, 5.41) is 5.16. The van der Waals surface area contributed by atoms with E-state index in [4.69, 9.17) is 20.7 Å². The number of carbonyl (C=O) groups is 1. The van der Waals surface area contributed by atoms with Crippen molar-refractivity contribution in [1.82, 2.24) is 9.78 Å². The van der Waals surface area contributed by atoms with E-state index in [-0.39, 0.29) is 0 Å². The molecule has 0 saturated heterocycles. The molecule has 0 fully saturated rings. The molecule has 0 N–H and O–H groups in total. The highest BCUT2D eigenvalue weighted by Crippen LogP contribution is 2.44. The van der Waals surface area contributed by atoms with Crippen molar-refractivity contribution in [1.29, 1.82) is 0 Å². The smallest absolute Gasteiger partial charge is 0.358 e. The second kappa shape index (κ2) is 6.13. The summed E-state index contributed by atoms with van der Waals surface area (Å²) in [6.45, 7) is 0. The van der Waals surface area contributed by atoms with E-state index in [1.54, 1.807) is 7.05 Å². The highest BCUT2D eigenvalue weighted by Gasteiger charge is 2.30. The Morgan fingerprint density at radius 2 is 1.80 bits per heavy atom. The first kappa shape index (κ1) is 16.1. The number of aromatic nitrogens is 2. The van der Waals surface area contributed by atoms with Crippen molar-refractivity contribution >= 4 is 33.9 Å². The molecule has 1 aliphatic rings. The molecule has 1 unspecified atom stereocenters. The zero-order chi connectivity index (χ0) is 17.6. The van der Waals surface area contributed by atoms with Crippen molar-refractivity contribution in [3.8, 4) is 11.3 Å². The van der Waals surface area contributed by atoms with E-state index in [9.17, 15) is 4.79 Å². The number of ether oxygens (including phenoxy) is 1. The molecule has 0 amide bonds. The molecule has 0 bridgehead atoms. The van der Waals surface area contributed by atoms with Crippen LogP contribution in [0.2, 0.25) is 5.02 Å². The van der Waals surface area contributed by atoms with Crippen LogP contribution in [0.3, 0.4) is 0 Å². The van der Waals surface area contributed by atoms with Gasteiger partial charge in [-0.05, 0) is 28.9 Å². The number of aryl methyl sites for hydroxylation is 1. The van der Waals surface area contributed by atoms with Crippen LogP contribution in [-0.2, 0) is 22.5 Å². The van der Waals surface area contributed by atoms with E-state index < -0.39 is 16.7 Å². The topological polar surface area (TPSA) is 56.5 Å². The lowest BCUT2D eigenvalue weighted by molar-refractivity contribution is 0.0589. The molecule has 7 heteroatoms. The van der Waals surface area contributed by atoms with Crippen LogP contribution in [0.4, 0.5) is 5.69 Å². The standard InChI is InChI=1S/C18H14ClN3O2S/c1-22-17(18(23)24-2)16-15(20-22)11-7-3-5-9-13(11)25(21-16)14-10-6-4-8-12(14)19/h3-10H,1-2H3. The molecule has 0 aliphatic carbocycles. The number of carbonyl (C=O) groups excluding carboxylic acids is 1. The van der Waals surface area contributed by atoms with Gasteiger partial charge in [-0.25, -0.2) is 9.16 Å². The van der Waals surface area contributed by atoms with Crippen LogP contribution in [0, 0.1) is 0 Å². The van der Waals surface area contributed by atoms with E-state index in [1.165, 1.54) is 11.8 Å². The fourth-order valence-electron chi connectivity index (χ4n) is 2.85. The number of hydrogen-bond acceptors (Lipinski definition) is 4. The van der Waals surface area contributed by atoms with Gasteiger partial charge in [0.05, 0.1) is 12.1 Å². The van der Waals surface area contributed by atoms with Crippen molar-refractivity contribution in [2.45, 2.75) is 9.79 Å². The zero-order valence-corrected chi connectivity index (χ0v) is 15.1. The Labute approximate surface area is 152 Å². The summed E-state index contributed by atoms with van der Waals surface area (Å²) in [4.78, 5) is 14.2. The average molecular weight is 372 g/mol. The second-order valence-electron chi connectivity index (χ2n) is 5.46. The number of fused-ring (bicyclic) bond motifs is 3. The van der Waals surface area contributed by atoms with Gasteiger partial charge in [0, 0.05) is 22.4 Å². The first-order chi connectivity index (χ1) is 12.1. The number of rotatable bonds is 2. The Balaban J connectivity index is 2.06. The van der Waals surface area contributed by atoms with E-state index in [0.29, 0.717) is 22.1 Å². The molecule has 25 heavy (non-hydrogen) atoms. The predicted octanol–water partition coefficient (Wildman–Crippen LogP) is 4.39. The quantitative estimate of drug-likeness (QED) is 0.491. The summed E-state index contributed by atoms with van der Waals surface area (Å²) in [5.74, 6) is -0.456. The molecule has 126 valence electrons. The van der Waals surface area contributed by atoms with E-state index in [2.05, 4.69) is 5.10 Å². The van der Waals surface area contributed by atoms with Gasteiger partial charge >= 0.3 is 5.97 Å². The Kier molecular flexibility index (Phi) is 3.94. The van der Waals surface area contributed by atoms with E-state index in [0.717, 1.165) is 15.4 Å². The first-order valence-corrected chi connectivity index (χ1v) is 9.13. The maximum Gasteiger partial charge on any atom is 0.358 e. The lowest BCUT2D eigenvalue weighted by Gasteiger charge is -2.18. The SMILES string of the molecule is COC(=O)c1c2c(nn1C)-c1ccccc1S(c1ccccc1Cl)=N2. The van der Waals surface area contributed by atoms with Gasteiger partial charge in [0.2, 0.25) is 0 Å². The van der Waals surface area contributed by atoms with Gasteiger partial charge in [0.25, 0.3) is 0 Å². The third-order valence-corrected chi connectivity index (χ3v) is 6.33. The normalized spacial score (nSPS) is 15.1. The van der Waals surface area contributed by atoms with Gasteiger partial charge in [0.15, 0.2) is 5.69 Å². The van der Waals surface area contributed by atoms with E-state index in [1.807, 2.05) is 48.5 Å². The van der Waals surface area contributed by atoms with Gasteiger partial charge < -0.3 is 4.74 Å². The maximum atomic E-state index is 12.2. The fraction of sp³-hybridized carbons (Fsp3) is 0.111. The van der Waals surface area contributed by atoms with Crippen LogP contribution in [-0.4, -0.2) is 22.9 Å². The van der Waals surface area contributed by atoms with Crippen molar-refractivity contribution < 1.29 is 9.53 Å². The molecule has 1 atom stereocenters. The summed E-state index contributed by atoms with van der Waals surface area (Å²) in [6, 6.07) is 15.6. The number of esters is 1. The van der Waals surface area contributed by atoms with Crippen molar-refractivity contribution in [2.24, 2.45) is 11.4 Å². The largest absolute Gasteiger partial charge is 0.464 e. The monoisotopic (exact) mass is 371 g/mol.